The van der Waals surface area contributed by atoms with E-state index < -0.39 is 21.5 Å². The fraction of sp³-hybridized carbons (Fsp3) is 0.366. The van der Waals surface area contributed by atoms with Gasteiger partial charge in [0, 0.05) is 43.3 Å². The van der Waals surface area contributed by atoms with Crippen LogP contribution in [-0.4, -0.2) is 63.6 Å². The Balaban J connectivity index is 1.10. The van der Waals surface area contributed by atoms with Crippen molar-refractivity contribution in [2.45, 2.75) is 60.7 Å². The molecule has 0 bridgehead atoms. The number of alkyl halides is 3. The Labute approximate surface area is 325 Å². The lowest BCUT2D eigenvalue weighted by atomic mass is 9.84. The summed E-state index contributed by atoms with van der Waals surface area (Å²) in [5.74, 6) is -0.574. The van der Waals surface area contributed by atoms with Crippen LogP contribution < -0.4 is 15.5 Å². The Morgan fingerprint density at radius 1 is 0.887 bits per heavy atom. The van der Waals surface area contributed by atoms with E-state index in [1.54, 1.807) is 0 Å². The first-order valence-electron chi connectivity index (χ1n) is 17.9. The normalized spacial score (nSPS) is 23.2. The van der Waals surface area contributed by atoms with Crippen molar-refractivity contribution in [3.8, 4) is 11.1 Å². The topological polar surface area (TPSA) is 103 Å². The zero-order chi connectivity index (χ0) is 37.2. The first-order valence-corrected chi connectivity index (χ1v) is 19.1. The highest BCUT2D eigenvalue weighted by Gasteiger charge is 2.51. The fourth-order valence-corrected chi connectivity index (χ4v) is 7.93. The molecule has 3 N–H and O–H groups in total. The summed E-state index contributed by atoms with van der Waals surface area (Å²) in [5, 5.41) is 15.4. The van der Waals surface area contributed by atoms with E-state index in [2.05, 4.69) is 45.6 Å². The lowest BCUT2D eigenvalue weighted by Crippen LogP contribution is -2.57. The maximum atomic E-state index is 13.3. The third kappa shape index (κ3) is 8.22. The number of hydrogen-bond acceptors (Lipinski definition) is 7. The van der Waals surface area contributed by atoms with Crippen LogP contribution in [0.3, 0.4) is 0 Å². The number of aliphatic hydroxyl groups is 1. The molecule has 12 heteroatoms. The van der Waals surface area contributed by atoms with Gasteiger partial charge in [-0.15, -0.1) is 0 Å². The van der Waals surface area contributed by atoms with Crippen molar-refractivity contribution in [1.29, 1.82) is 0 Å². The van der Waals surface area contributed by atoms with E-state index >= 15 is 0 Å². The molecule has 9 nitrogen and oxygen atoms in total. The molecule has 0 saturated carbocycles. The number of rotatable bonds is 9. The van der Waals surface area contributed by atoms with Crippen LogP contribution in [0.1, 0.15) is 54.4 Å². The minimum Gasteiger partial charge on any atom is -0.392 e. The third-order valence-electron chi connectivity index (χ3n) is 10.8. The molecule has 0 radical (unpaired) electrons. The molecule has 4 aromatic carbocycles. The number of carbonyl (C=O) groups excluding carboxylic acids is 2. The summed E-state index contributed by atoms with van der Waals surface area (Å²) in [5.41, 5.74) is 6.00. The fourth-order valence-electron chi connectivity index (χ4n) is 7.73. The standard InChI is InChI=1S/C41H43Cl3N4O5/c1-27-35(24-47-19-17-40(18-20-47)38(50)46-26-48(40)34-11-3-2-4-12-34)52-37(53-36(27)30-15-13-28(25-49)14-16-30)33-10-6-9-32(22-33)31-8-5-7-29(21-31)23-45-39(51)41(42,43)44/h2-16,21-22,27,35-37,49H,17-20,23-26H2,1H3,(H,45,51)(H,46,50)/t27-,35+,36+,37+/m0/s1. The van der Waals surface area contributed by atoms with Crippen molar-refractivity contribution in [3.05, 3.63) is 125 Å². The van der Waals surface area contributed by atoms with Crippen molar-refractivity contribution in [2.75, 3.05) is 31.2 Å². The number of anilines is 1. The number of ether oxygens (including phenoxy) is 2. The first kappa shape index (κ1) is 37.6. The number of piperidine rings is 1. The van der Waals surface area contributed by atoms with Crippen molar-refractivity contribution >= 4 is 52.3 Å². The van der Waals surface area contributed by atoms with Gasteiger partial charge < -0.3 is 35.0 Å². The van der Waals surface area contributed by atoms with Gasteiger partial charge >= 0.3 is 0 Å². The lowest BCUT2D eigenvalue weighted by molar-refractivity contribution is -0.276. The molecule has 0 aromatic heterocycles. The Hall–Kier alpha value is -3.67. The van der Waals surface area contributed by atoms with Gasteiger partial charge in [0.15, 0.2) is 6.29 Å². The van der Waals surface area contributed by atoms with Crippen LogP contribution >= 0.6 is 34.8 Å². The molecule has 0 unspecified atom stereocenters. The Morgan fingerprint density at radius 3 is 2.28 bits per heavy atom. The zero-order valence-electron chi connectivity index (χ0n) is 29.4. The van der Waals surface area contributed by atoms with Crippen LogP contribution in [0.5, 0.6) is 0 Å². The number of hydrogen-bond donors (Lipinski definition) is 3. The van der Waals surface area contributed by atoms with E-state index in [1.165, 1.54) is 0 Å². The molecule has 278 valence electrons. The molecule has 3 fully saturated rings. The summed E-state index contributed by atoms with van der Waals surface area (Å²) in [6, 6.07) is 34.0. The van der Waals surface area contributed by atoms with Crippen LogP contribution in [0, 0.1) is 5.92 Å². The van der Waals surface area contributed by atoms with Crippen molar-refractivity contribution in [3.63, 3.8) is 0 Å². The van der Waals surface area contributed by atoms with E-state index in [4.69, 9.17) is 44.3 Å². The molecular weight excluding hydrogens is 735 g/mol. The van der Waals surface area contributed by atoms with Gasteiger partial charge in [-0.2, -0.15) is 0 Å². The number of likely N-dealkylation sites (tertiary alicyclic amines) is 1. The van der Waals surface area contributed by atoms with Gasteiger partial charge in [0.1, 0.15) is 5.54 Å². The first-order chi connectivity index (χ1) is 25.5. The Kier molecular flexibility index (Phi) is 11.3. The van der Waals surface area contributed by atoms with E-state index in [0.717, 1.165) is 65.0 Å². The number of nitrogens with zero attached hydrogens (tertiary/aromatic N) is 2. The van der Waals surface area contributed by atoms with Gasteiger partial charge in [-0.25, -0.2) is 0 Å². The largest absolute Gasteiger partial charge is 0.392 e. The van der Waals surface area contributed by atoms with Crippen molar-refractivity contribution in [2.24, 2.45) is 5.92 Å². The molecule has 7 rings (SSSR count). The summed E-state index contributed by atoms with van der Waals surface area (Å²) in [6.07, 6.45) is 0.370. The second-order valence-corrected chi connectivity index (χ2v) is 16.4. The van der Waals surface area contributed by atoms with Crippen LogP contribution in [-0.2, 0) is 32.2 Å². The van der Waals surface area contributed by atoms with E-state index in [9.17, 15) is 14.7 Å². The molecular formula is C41H43Cl3N4O5. The summed E-state index contributed by atoms with van der Waals surface area (Å²) in [6.45, 7) is 5.07. The average Bonchev–Trinajstić information content (AvgIpc) is 3.49. The third-order valence-corrected chi connectivity index (χ3v) is 11.3. The highest BCUT2D eigenvalue weighted by atomic mass is 35.6. The maximum absolute atomic E-state index is 13.3. The van der Waals surface area contributed by atoms with Gasteiger partial charge in [0.05, 0.1) is 25.5 Å². The van der Waals surface area contributed by atoms with Crippen LogP contribution in [0.25, 0.3) is 11.1 Å². The molecule has 4 atom stereocenters. The van der Waals surface area contributed by atoms with Crippen LogP contribution in [0.15, 0.2) is 103 Å². The summed E-state index contributed by atoms with van der Waals surface area (Å²) in [7, 11) is 0. The number of carbonyl (C=O) groups is 2. The molecule has 0 aliphatic carbocycles. The van der Waals surface area contributed by atoms with Crippen molar-refractivity contribution < 1.29 is 24.2 Å². The highest BCUT2D eigenvalue weighted by Crippen LogP contribution is 2.43. The Bertz CT molecular complexity index is 1900. The monoisotopic (exact) mass is 776 g/mol. The number of para-hydroxylation sites is 1. The van der Waals surface area contributed by atoms with Crippen molar-refractivity contribution in [1.82, 2.24) is 15.5 Å². The highest BCUT2D eigenvalue weighted by molar-refractivity contribution is 6.76. The summed E-state index contributed by atoms with van der Waals surface area (Å²) < 4.78 is 11.6. The van der Waals surface area contributed by atoms with Gasteiger partial charge in [-0.3, -0.25) is 9.59 Å². The molecule has 3 aliphatic rings. The summed E-state index contributed by atoms with van der Waals surface area (Å²) >= 11 is 17.2. The van der Waals surface area contributed by atoms with Gasteiger partial charge in [-0.05, 0) is 64.9 Å². The van der Waals surface area contributed by atoms with E-state index in [-0.39, 0.29) is 37.2 Å². The number of halogens is 3. The lowest BCUT2D eigenvalue weighted by Gasteiger charge is -2.46. The minimum atomic E-state index is -2.04. The van der Waals surface area contributed by atoms with Gasteiger partial charge in [-0.1, -0.05) is 121 Å². The average molecular weight is 778 g/mol. The van der Waals surface area contributed by atoms with Crippen LogP contribution in [0.4, 0.5) is 5.69 Å². The number of nitrogens with one attached hydrogen (secondary N) is 2. The van der Waals surface area contributed by atoms with E-state index in [1.807, 2.05) is 84.9 Å². The second kappa shape index (κ2) is 16.0. The number of aliphatic hydroxyl groups excluding tert-OH is 1. The quantitative estimate of drug-likeness (QED) is 0.157. The SMILES string of the molecule is C[C@H]1[C@@H](CN2CCC3(CC2)C(=O)NCN3c2ccccc2)O[C@@H](c2cccc(-c3cccc(CNC(=O)C(Cl)(Cl)Cl)c3)c2)O[C@H]1c1ccc(CO)cc1. The molecule has 2 amide bonds. The van der Waals surface area contributed by atoms with Gasteiger partial charge in [0.25, 0.3) is 9.70 Å². The maximum Gasteiger partial charge on any atom is 0.272 e. The van der Waals surface area contributed by atoms with E-state index in [0.29, 0.717) is 13.2 Å². The second-order valence-electron chi connectivity index (χ2n) is 14.1. The number of benzene rings is 4. The smallest absolute Gasteiger partial charge is 0.272 e. The number of amides is 2. The molecule has 3 heterocycles. The minimum absolute atomic E-state index is 0.0143. The predicted octanol–water partition coefficient (Wildman–Crippen LogP) is 7.05. The molecule has 4 aromatic rings. The predicted molar refractivity (Wildman–Crippen MR) is 207 cm³/mol. The zero-order valence-corrected chi connectivity index (χ0v) is 31.7. The molecule has 3 aliphatic heterocycles. The van der Waals surface area contributed by atoms with Crippen LogP contribution in [0.2, 0.25) is 0 Å². The van der Waals surface area contributed by atoms with Gasteiger partial charge in [0.2, 0.25) is 5.91 Å². The Morgan fingerprint density at radius 2 is 1.58 bits per heavy atom. The summed E-state index contributed by atoms with van der Waals surface area (Å²) in [4.78, 5) is 30.1. The molecule has 53 heavy (non-hydrogen) atoms. The molecule has 1 spiro atoms. The molecule has 3 saturated heterocycles.